The number of rotatable bonds is 39. The number of aliphatic hydroxyl groups is 2. The number of carbonyl (C=O) groups excluding carboxylic acids is 1. The molecule has 0 rings (SSSR count). The molecular formula is C53H85NO3. The van der Waals surface area contributed by atoms with Crippen LogP contribution in [0.2, 0.25) is 0 Å². The van der Waals surface area contributed by atoms with Crippen molar-refractivity contribution in [3.05, 3.63) is 134 Å². The number of unbranched alkanes of at least 4 members (excludes halogenated alkanes) is 12. The molecule has 0 radical (unpaired) electrons. The third-order valence-corrected chi connectivity index (χ3v) is 9.39. The molecule has 0 aliphatic heterocycles. The van der Waals surface area contributed by atoms with Gasteiger partial charge in [0.25, 0.3) is 0 Å². The standard InChI is InChI=1S/C53H85NO3/c1-3-5-7-9-11-12-13-14-15-16-17-18-19-20-21-22-23-24-25-26-27-28-29-30-31-32-33-34-35-36-37-38-39-40-41-42-43-45-47-49-53(57)54-51(50-55)52(56)48-46-44-10-8-6-4-2/h5,7,11-12,14-15,17-18,20-21,23-24,26-27,29-30,32-33,35-36,46,48,51-52,55-56H,3-4,6,8-10,13,16,19,22,25,28,31,34,37-45,47,49-50H2,1-2H3,(H,54,57)/b7-5-,12-11-,15-14-,18-17-,21-20-,24-23-,27-26-,30-29-,33-32-,36-35-,48-46+. The summed E-state index contributed by atoms with van der Waals surface area (Å²) in [4.78, 5) is 12.3. The van der Waals surface area contributed by atoms with Crippen LogP contribution in [0.15, 0.2) is 134 Å². The molecule has 0 aliphatic rings. The lowest BCUT2D eigenvalue weighted by molar-refractivity contribution is -0.123. The molecule has 0 saturated heterocycles. The molecule has 3 N–H and O–H groups in total. The molecule has 1 amide bonds. The minimum absolute atomic E-state index is 0.0859. The number of aliphatic hydroxyl groups excluding tert-OH is 2. The lowest BCUT2D eigenvalue weighted by atomic mass is 10.1. The zero-order chi connectivity index (χ0) is 41.4. The molecule has 0 spiro atoms. The predicted octanol–water partition coefficient (Wildman–Crippen LogP) is 14.7. The first-order chi connectivity index (χ1) is 28.2. The summed E-state index contributed by atoms with van der Waals surface area (Å²) < 4.78 is 0. The Morgan fingerprint density at radius 1 is 0.439 bits per heavy atom. The Kier molecular flexibility index (Phi) is 44.1. The maximum absolute atomic E-state index is 12.3. The van der Waals surface area contributed by atoms with E-state index in [-0.39, 0.29) is 12.5 Å². The molecule has 57 heavy (non-hydrogen) atoms. The summed E-state index contributed by atoms with van der Waals surface area (Å²) in [7, 11) is 0. The van der Waals surface area contributed by atoms with Crippen molar-refractivity contribution >= 4 is 5.91 Å². The van der Waals surface area contributed by atoms with Crippen LogP contribution < -0.4 is 5.32 Å². The molecule has 4 heteroatoms. The summed E-state index contributed by atoms with van der Waals surface area (Å²) in [5.41, 5.74) is 0. The van der Waals surface area contributed by atoms with E-state index in [0.29, 0.717) is 6.42 Å². The van der Waals surface area contributed by atoms with Crippen molar-refractivity contribution in [2.75, 3.05) is 6.61 Å². The van der Waals surface area contributed by atoms with Crippen LogP contribution in [0.25, 0.3) is 0 Å². The first-order valence-corrected chi connectivity index (χ1v) is 22.9. The molecule has 0 saturated carbocycles. The van der Waals surface area contributed by atoms with Crippen LogP contribution in [-0.2, 0) is 4.79 Å². The van der Waals surface area contributed by atoms with E-state index in [9.17, 15) is 15.0 Å². The Morgan fingerprint density at radius 3 is 1.16 bits per heavy atom. The minimum Gasteiger partial charge on any atom is -0.394 e. The molecular weight excluding hydrogens is 699 g/mol. The van der Waals surface area contributed by atoms with Crippen molar-refractivity contribution in [1.82, 2.24) is 5.32 Å². The van der Waals surface area contributed by atoms with Crippen LogP contribution in [0.5, 0.6) is 0 Å². The summed E-state index contributed by atoms with van der Waals surface area (Å²) in [6.07, 6.45) is 74.5. The molecule has 4 nitrogen and oxygen atoms in total. The normalized spacial score (nSPS) is 14.2. The van der Waals surface area contributed by atoms with E-state index < -0.39 is 12.1 Å². The highest BCUT2D eigenvalue weighted by Gasteiger charge is 2.17. The van der Waals surface area contributed by atoms with E-state index in [0.717, 1.165) is 103 Å². The zero-order valence-electron chi connectivity index (χ0n) is 36.5. The van der Waals surface area contributed by atoms with Crippen molar-refractivity contribution < 1.29 is 15.0 Å². The van der Waals surface area contributed by atoms with Crippen molar-refractivity contribution in [2.45, 2.75) is 187 Å². The van der Waals surface area contributed by atoms with Crippen molar-refractivity contribution in [3.63, 3.8) is 0 Å². The largest absolute Gasteiger partial charge is 0.394 e. The molecule has 2 atom stereocenters. The zero-order valence-corrected chi connectivity index (χ0v) is 36.5. The monoisotopic (exact) mass is 784 g/mol. The summed E-state index contributed by atoms with van der Waals surface area (Å²) in [5.74, 6) is -0.0859. The van der Waals surface area contributed by atoms with E-state index >= 15 is 0 Å². The number of carbonyl (C=O) groups is 1. The van der Waals surface area contributed by atoms with Gasteiger partial charge in [-0.05, 0) is 96.3 Å². The van der Waals surface area contributed by atoms with Crippen molar-refractivity contribution in [1.29, 1.82) is 0 Å². The SMILES string of the molecule is CC/C=C\C/C=C\C/C=C\C/C=C\C/C=C\C/C=C\C/C=C\C/C=C\C/C=C\C/C=C\CCCCCCCCCCC(=O)NC(CO)C(O)/C=C/CCCCCC. The summed E-state index contributed by atoms with van der Waals surface area (Å²) in [5, 5.41) is 22.7. The Balaban J connectivity index is 3.63. The molecule has 320 valence electrons. The van der Waals surface area contributed by atoms with Crippen molar-refractivity contribution in [2.24, 2.45) is 0 Å². The van der Waals surface area contributed by atoms with Gasteiger partial charge < -0.3 is 15.5 Å². The van der Waals surface area contributed by atoms with E-state index in [2.05, 4.69) is 141 Å². The molecule has 0 aliphatic carbocycles. The number of allylic oxidation sites excluding steroid dienone is 21. The van der Waals surface area contributed by atoms with Crippen LogP contribution in [-0.4, -0.2) is 34.9 Å². The lowest BCUT2D eigenvalue weighted by Gasteiger charge is -2.20. The second-order valence-electron chi connectivity index (χ2n) is 14.7. The first-order valence-electron chi connectivity index (χ1n) is 22.9. The first kappa shape index (κ1) is 53.5. The fourth-order valence-corrected chi connectivity index (χ4v) is 5.91. The van der Waals surface area contributed by atoms with Gasteiger partial charge in [-0.3, -0.25) is 4.79 Å². The fraction of sp³-hybridized carbons (Fsp3) is 0.566. The fourth-order valence-electron chi connectivity index (χ4n) is 5.91. The Bertz CT molecular complexity index is 1210. The Hall–Kier alpha value is -3.47. The average Bonchev–Trinajstić information content (AvgIpc) is 3.22. The van der Waals surface area contributed by atoms with Gasteiger partial charge in [0.15, 0.2) is 0 Å². The predicted molar refractivity (Wildman–Crippen MR) is 252 cm³/mol. The third-order valence-electron chi connectivity index (χ3n) is 9.39. The number of hydrogen-bond acceptors (Lipinski definition) is 3. The molecule has 0 fully saturated rings. The van der Waals surface area contributed by atoms with E-state index in [4.69, 9.17) is 0 Å². The van der Waals surface area contributed by atoms with Crippen molar-refractivity contribution in [3.8, 4) is 0 Å². The maximum Gasteiger partial charge on any atom is 0.220 e. The van der Waals surface area contributed by atoms with Crippen LogP contribution in [0.1, 0.15) is 174 Å². The van der Waals surface area contributed by atoms with Gasteiger partial charge in [-0.25, -0.2) is 0 Å². The van der Waals surface area contributed by atoms with Gasteiger partial charge >= 0.3 is 0 Å². The molecule has 0 aromatic rings. The molecule has 2 unspecified atom stereocenters. The second kappa shape index (κ2) is 46.9. The average molecular weight is 784 g/mol. The smallest absolute Gasteiger partial charge is 0.220 e. The van der Waals surface area contributed by atoms with Gasteiger partial charge in [-0.15, -0.1) is 0 Å². The number of amides is 1. The van der Waals surface area contributed by atoms with E-state index in [1.54, 1.807) is 6.08 Å². The van der Waals surface area contributed by atoms with Gasteiger partial charge in [0.05, 0.1) is 18.8 Å². The Morgan fingerprint density at radius 2 is 0.772 bits per heavy atom. The van der Waals surface area contributed by atoms with Gasteiger partial charge in [0, 0.05) is 6.42 Å². The highest BCUT2D eigenvalue weighted by Crippen LogP contribution is 2.12. The Labute approximate surface area is 351 Å². The van der Waals surface area contributed by atoms with Gasteiger partial charge in [-0.2, -0.15) is 0 Å². The molecule has 0 bridgehead atoms. The third kappa shape index (κ3) is 43.5. The molecule has 0 aromatic heterocycles. The van der Waals surface area contributed by atoms with Gasteiger partial charge in [0.1, 0.15) is 0 Å². The summed E-state index contributed by atoms with van der Waals surface area (Å²) in [6, 6.07) is -0.632. The second-order valence-corrected chi connectivity index (χ2v) is 14.7. The molecule has 0 aromatic carbocycles. The van der Waals surface area contributed by atoms with Crippen LogP contribution in [0.4, 0.5) is 0 Å². The number of hydrogen-bond donors (Lipinski definition) is 3. The van der Waals surface area contributed by atoms with E-state index in [1.807, 2.05) is 6.08 Å². The lowest BCUT2D eigenvalue weighted by Crippen LogP contribution is -2.45. The minimum atomic E-state index is -0.847. The van der Waals surface area contributed by atoms with Crippen LogP contribution in [0.3, 0.4) is 0 Å². The highest BCUT2D eigenvalue weighted by atomic mass is 16.3. The van der Waals surface area contributed by atoms with Crippen LogP contribution >= 0.6 is 0 Å². The number of nitrogens with one attached hydrogen (secondary N) is 1. The quantitative estimate of drug-likeness (QED) is 0.0429. The van der Waals surface area contributed by atoms with Crippen LogP contribution in [0, 0.1) is 0 Å². The van der Waals surface area contributed by atoms with E-state index in [1.165, 1.54) is 51.4 Å². The highest BCUT2D eigenvalue weighted by molar-refractivity contribution is 5.76. The maximum atomic E-state index is 12.3. The summed E-state index contributed by atoms with van der Waals surface area (Å²) >= 11 is 0. The van der Waals surface area contributed by atoms with Gasteiger partial charge in [0.2, 0.25) is 5.91 Å². The summed E-state index contributed by atoms with van der Waals surface area (Å²) in [6.45, 7) is 4.09. The topological polar surface area (TPSA) is 69.6 Å². The molecule has 0 heterocycles. The van der Waals surface area contributed by atoms with Gasteiger partial charge in [-0.1, -0.05) is 205 Å².